The normalized spacial score (nSPS) is 11.2. The number of nitrogens with one attached hydrogen (secondary N) is 2. The van der Waals surface area contributed by atoms with Crippen molar-refractivity contribution in [1.82, 2.24) is 5.43 Å². The number of rotatable bonds is 9. The summed E-state index contributed by atoms with van der Waals surface area (Å²) in [5.74, 6) is -0.481. The van der Waals surface area contributed by atoms with Crippen LogP contribution in [0.1, 0.15) is 12.5 Å². The zero-order valence-electron chi connectivity index (χ0n) is 19.2. The molecular weight excluding hydrogens is 527 g/mol. The van der Waals surface area contributed by atoms with E-state index < -0.39 is 22.5 Å². The zero-order chi connectivity index (χ0) is 26.3. The Bertz CT molecular complexity index is 1360. The SMILES string of the molecule is COc1ccc(N(CC(=O)N/N=C\c2c(Cl)cccc2Cl)S(=O)(=O)c2ccc(NC(C)=O)cc2)cc1. The fraction of sp³-hybridized carbons (Fsp3) is 0.125. The number of anilines is 2. The second kappa shape index (κ2) is 11.9. The van der Waals surface area contributed by atoms with Crippen LogP contribution in [-0.4, -0.2) is 40.1 Å². The summed E-state index contributed by atoms with van der Waals surface area (Å²) in [5.41, 5.74) is 3.36. The highest BCUT2D eigenvalue weighted by Gasteiger charge is 2.27. The summed E-state index contributed by atoms with van der Waals surface area (Å²) in [6.07, 6.45) is 1.27. The molecule has 3 rings (SSSR count). The van der Waals surface area contributed by atoms with Gasteiger partial charge in [-0.25, -0.2) is 13.8 Å². The summed E-state index contributed by atoms with van der Waals surface area (Å²) >= 11 is 12.2. The minimum Gasteiger partial charge on any atom is -0.497 e. The maximum atomic E-state index is 13.5. The maximum absolute atomic E-state index is 13.5. The second-order valence-electron chi connectivity index (χ2n) is 7.34. The number of hydrogen-bond acceptors (Lipinski definition) is 6. The Balaban J connectivity index is 1.87. The second-order valence-corrected chi connectivity index (χ2v) is 10.0. The summed E-state index contributed by atoms with van der Waals surface area (Å²) < 4.78 is 33.1. The molecule has 0 atom stereocenters. The Morgan fingerprint density at radius 3 is 2.17 bits per heavy atom. The quantitative estimate of drug-likeness (QED) is 0.305. The van der Waals surface area contributed by atoms with Crippen molar-refractivity contribution in [3.63, 3.8) is 0 Å². The number of amides is 2. The van der Waals surface area contributed by atoms with Gasteiger partial charge in [-0.3, -0.25) is 13.9 Å². The molecule has 12 heteroatoms. The van der Waals surface area contributed by atoms with Crippen LogP contribution in [0.15, 0.2) is 76.7 Å². The van der Waals surface area contributed by atoms with Crippen molar-refractivity contribution in [2.45, 2.75) is 11.8 Å². The maximum Gasteiger partial charge on any atom is 0.264 e. The van der Waals surface area contributed by atoms with E-state index in [0.29, 0.717) is 27.0 Å². The van der Waals surface area contributed by atoms with Crippen LogP contribution in [0.4, 0.5) is 11.4 Å². The molecule has 0 heterocycles. The first-order valence-corrected chi connectivity index (χ1v) is 12.6. The van der Waals surface area contributed by atoms with Gasteiger partial charge in [0.2, 0.25) is 5.91 Å². The summed E-state index contributed by atoms with van der Waals surface area (Å²) in [7, 11) is -2.70. The number of nitrogens with zero attached hydrogens (tertiary/aromatic N) is 2. The van der Waals surface area contributed by atoms with Crippen LogP contribution in [0.2, 0.25) is 10.0 Å². The zero-order valence-corrected chi connectivity index (χ0v) is 21.6. The molecule has 188 valence electrons. The third-order valence-corrected chi connectivity index (χ3v) is 7.24. The Morgan fingerprint density at radius 1 is 1.00 bits per heavy atom. The predicted molar refractivity (Wildman–Crippen MR) is 140 cm³/mol. The smallest absolute Gasteiger partial charge is 0.264 e. The number of ether oxygens (including phenoxy) is 1. The minimum absolute atomic E-state index is 0.0772. The molecule has 0 aliphatic carbocycles. The molecule has 9 nitrogen and oxygen atoms in total. The van der Waals surface area contributed by atoms with E-state index in [9.17, 15) is 18.0 Å². The highest BCUT2D eigenvalue weighted by Crippen LogP contribution is 2.27. The van der Waals surface area contributed by atoms with E-state index in [1.807, 2.05) is 0 Å². The van der Waals surface area contributed by atoms with Crippen LogP contribution in [0, 0.1) is 0 Å². The Kier molecular flexibility index (Phi) is 8.92. The topological polar surface area (TPSA) is 117 Å². The van der Waals surface area contributed by atoms with Gasteiger partial charge in [-0.15, -0.1) is 0 Å². The van der Waals surface area contributed by atoms with Gasteiger partial charge in [-0.2, -0.15) is 5.10 Å². The van der Waals surface area contributed by atoms with Crippen molar-refractivity contribution >= 4 is 62.6 Å². The van der Waals surface area contributed by atoms with E-state index in [2.05, 4.69) is 15.8 Å². The van der Waals surface area contributed by atoms with Crippen LogP contribution in [0.3, 0.4) is 0 Å². The molecule has 2 amide bonds. The van der Waals surface area contributed by atoms with Crippen molar-refractivity contribution in [3.05, 3.63) is 82.3 Å². The lowest BCUT2D eigenvalue weighted by Crippen LogP contribution is -2.39. The summed E-state index contributed by atoms with van der Waals surface area (Å²) in [6.45, 7) is 0.770. The van der Waals surface area contributed by atoms with Crippen LogP contribution >= 0.6 is 23.2 Å². The van der Waals surface area contributed by atoms with Crippen molar-refractivity contribution < 1.29 is 22.7 Å². The number of hydrazone groups is 1. The summed E-state index contributed by atoms with van der Waals surface area (Å²) in [4.78, 5) is 23.9. The highest BCUT2D eigenvalue weighted by atomic mass is 35.5. The first kappa shape index (κ1) is 27.0. The number of halogens is 2. The van der Waals surface area contributed by atoms with E-state index in [-0.39, 0.29) is 16.5 Å². The third-order valence-electron chi connectivity index (χ3n) is 4.79. The lowest BCUT2D eigenvalue weighted by Gasteiger charge is -2.24. The molecule has 0 bridgehead atoms. The van der Waals surface area contributed by atoms with Crippen molar-refractivity contribution in [2.24, 2.45) is 5.10 Å². The minimum atomic E-state index is -4.18. The molecule has 3 aromatic carbocycles. The number of methoxy groups -OCH3 is 1. The van der Waals surface area contributed by atoms with Crippen LogP contribution in [-0.2, 0) is 19.6 Å². The molecule has 2 N–H and O–H groups in total. The van der Waals surface area contributed by atoms with E-state index in [1.54, 1.807) is 30.3 Å². The average molecular weight is 549 g/mol. The van der Waals surface area contributed by atoms with Crippen LogP contribution < -0.4 is 19.8 Å². The largest absolute Gasteiger partial charge is 0.497 e. The fourth-order valence-electron chi connectivity index (χ4n) is 3.07. The van der Waals surface area contributed by atoms with Gasteiger partial charge in [-0.05, 0) is 60.7 Å². The number of carbonyl (C=O) groups is 2. The van der Waals surface area contributed by atoms with Crippen molar-refractivity contribution in [3.8, 4) is 5.75 Å². The average Bonchev–Trinajstić information content (AvgIpc) is 2.84. The van der Waals surface area contributed by atoms with Crippen LogP contribution in [0.25, 0.3) is 0 Å². The molecular formula is C24H22Cl2N4O5S. The molecule has 3 aromatic rings. The van der Waals surface area contributed by atoms with Gasteiger partial charge in [0.05, 0.1) is 34.0 Å². The van der Waals surface area contributed by atoms with Gasteiger partial charge >= 0.3 is 0 Å². The molecule has 0 radical (unpaired) electrons. The van der Waals surface area contributed by atoms with Gasteiger partial charge in [0.1, 0.15) is 12.3 Å². The van der Waals surface area contributed by atoms with Crippen LogP contribution in [0.5, 0.6) is 5.75 Å². The first-order valence-electron chi connectivity index (χ1n) is 10.4. The monoisotopic (exact) mass is 548 g/mol. The Morgan fingerprint density at radius 2 is 1.61 bits per heavy atom. The molecule has 0 aromatic heterocycles. The van der Waals surface area contributed by atoms with E-state index in [1.165, 1.54) is 56.6 Å². The molecule has 0 fully saturated rings. The number of benzene rings is 3. The molecule has 0 unspecified atom stereocenters. The highest BCUT2D eigenvalue weighted by molar-refractivity contribution is 7.92. The Labute approximate surface area is 218 Å². The summed E-state index contributed by atoms with van der Waals surface area (Å²) in [5, 5.41) is 7.11. The number of carbonyl (C=O) groups excluding carboxylic acids is 2. The van der Waals surface area contributed by atoms with Gasteiger partial charge in [-0.1, -0.05) is 29.3 Å². The lowest BCUT2D eigenvalue weighted by atomic mass is 10.2. The van der Waals surface area contributed by atoms with E-state index >= 15 is 0 Å². The number of sulfonamides is 1. The van der Waals surface area contributed by atoms with Gasteiger partial charge in [0.15, 0.2) is 0 Å². The third kappa shape index (κ3) is 6.75. The lowest BCUT2D eigenvalue weighted by molar-refractivity contribution is -0.119. The summed E-state index contributed by atoms with van der Waals surface area (Å²) in [6, 6.07) is 16.7. The van der Waals surface area contributed by atoms with E-state index in [0.717, 1.165) is 4.31 Å². The predicted octanol–water partition coefficient (Wildman–Crippen LogP) is 4.31. The van der Waals surface area contributed by atoms with Crippen molar-refractivity contribution in [2.75, 3.05) is 23.3 Å². The van der Waals surface area contributed by atoms with Gasteiger partial charge in [0.25, 0.3) is 15.9 Å². The first-order chi connectivity index (χ1) is 17.1. The fourth-order valence-corrected chi connectivity index (χ4v) is 4.99. The molecule has 0 spiro atoms. The van der Waals surface area contributed by atoms with E-state index in [4.69, 9.17) is 27.9 Å². The standard InChI is InChI=1S/C24H22Cl2N4O5S/c1-16(31)28-17-6-12-20(13-7-17)36(33,34)30(18-8-10-19(35-2)11-9-18)15-24(32)29-27-14-21-22(25)4-3-5-23(21)26/h3-14H,15H2,1-2H3,(H,28,31)(H,29,32)/b27-14-. The van der Waals surface area contributed by atoms with Crippen molar-refractivity contribution in [1.29, 1.82) is 0 Å². The molecule has 36 heavy (non-hydrogen) atoms. The molecule has 0 aliphatic rings. The van der Waals surface area contributed by atoms with Gasteiger partial charge in [0, 0.05) is 18.2 Å². The molecule has 0 aliphatic heterocycles. The molecule has 0 saturated carbocycles. The number of hydrogen-bond donors (Lipinski definition) is 2. The Hall–Kier alpha value is -3.60. The molecule has 0 saturated heterocycles. The van der Waals surface area contributed by atoms with Gasteiger partial charge < -0.3 is 10.1 Å².